The molecule has 0 amide bonds. The normalized spacial score (nSPS) is 52.2. The highest BCUT2D eigenvalue weighted by atomic mass is 16.7. The Morgan fingerprint density at radius 2 is 1.77 bits per heavy atom. The van der Waals surface area contributed by atoms with Gasteiger partial charge in [0.2, 0.25) is 5.79 Å². The highest BCUT2D eigenvalue weighted by Gasteiger charge is 2.51. The van der Waals surface area contributed by atoms with Crippen molar-refractivity contribution in [1.29, 1.82) is 0 Å². The van der Waals surface area contributed by atoms with Crippen LogP contribution in [0.4, 0.5) is 0 Å². The minimum Gasteiger partial charge on any atom is -0.391 e. The highest BCUT2D eigenvalue weighted by molar-refractivity contribution is 4.94. The predicted octanol–water partition coefficient (Wildman–Crippen LogP) is -2.83. The molecule has 0 aliphatic carbocycles. The molecule has 0 aromatic carbocycles. The van der Waals surface area contributed by atoms with Crippen molar-refractivity contribution in [3.8, 4) is 0 Å². The monoisotopic (exact) mass is 195 g/mol. The molecular weight excluding hydrogens is 181 g/mol. The van der Waals surface area contributed by atoms with Gasteiger partial charge < -0.3 is 30.3 Å². The zero-order chi connectivity index (χ0) is 10.2. The van der Waals surface area contributed by atoms with Gasteiger partial charge in [-0.05, 0) is 6.92 Å². The van der Waals surface area contributed by atoms with E-state index in [1.54, 1.807) is 0 Å². The summed E-state index contributed by atoms with van der Waals surface area (Å²) in [5.74, 6) is -2.20. The quantitative estimate of drug-likeness (QED) is 0.288. The highest BCUT2D eigenvalue weighted by Crippen LogP contribution is 2.27. The Kier molecular flexibility index (Phi) is 2.91. The molecule has 0 saturated carbocycles. The van der Waals surface area contributed by atoms with Crippen LogP contribution in [0.1, 0.15) is 6.92 Å². The van der Waals surface area contributed by atoms with E-state index in [0.29, 0.717) is 0 Å². The van der Waals surface area contributed by atoms with E-state index < -0.39 is 36.8 Å². The first-order chi connectivity index (χ1) is 5.92. The molecule has 13 heavy (non-hydrogen) atoms. The number of hydrogen-bond donors (Lipinski definition) is 5. The molecule has 1 heterocycles. The maximum atomic E-state index is 9.41. The second kappa shape index (κ2) is 3.49. The fourth-order valence-corrected chi connectivity index (χ4v) is 1.32. The zero-order valence-electron chi connectivity index (χ0n) is 7.16. The van der Waals surface area contributed by atoms with Gasteiger partial charge >= 0.3 is 0 Å². The number of hydrogen-bond acceptors (Lipinski definition) is 6. The van der Waals surface area contributed by atoms with Crippen LogP contribution in [0.25, 0.3) is 0 Å². The van der Waals surface area contributed by atoms with Gasteiger partial charge in [0.1, 0.15) is 18.3 Å². The van der Waals surface area contributed by atoms with Crippen molar-refractivity contribution in [2.75, 3.05) is 6.61 Å². The van der Waals surface area contributed by atoms with E-state index in [1.165, 1.54) is 6.92 Å². The van der Waals surface area contributed by atoms with Crippen molar-refractivity contribution in [2.24, 2.45) is 0 Å². The summed E-state index contributed by atoms with van der Waals surface area (Å²) in [6.07, 6.45) is -5.37. The SMILES string of the molecule is CC1OC(O)([13CH2]O)C(O)C(O)C1O. The second-order valence-electron chi connectivity index (χ2n) is 3.25. The third kappa shape index (κ3) is 1.69. The largest absolute Gasteiger partial charge is 0.391 e. The maximum Gasteiger partial charge on any atom is 0.219 e. The van der Waals surface area contributed by atoms with Crippen molar-refractivity contribution in [3.63, 3.8) is 0 Å². The minimum absolute atomic E-state index is 0.845. The van der Waals surface area contributed by atoms with Crippen molar-refractivity contribution in [1.82, 2.24) is 0 Å². The summed E-state index contributed by atoms with van der Waals surface area (Å²) in [6, 6.07) is 0. The van der Waals surface area contributed by atoms with Gasteiger partial charge in [-0.15, -0.1) is 0 Å². The van der Waals surface area contributed by atoms with Crippen LogP contribution >= 0.6 is 0 Å². The Morgan fingerprint density at radius 3 is 2.23 bits per heavy atom. The minimum atomic E-state index is -2.20. The van der Waals surface area contributed by atoms with Crippen molar-refractivity contribution in [3.05, 3.63) is 0 Å². The molecule has 5 N–H and O–H groups in total. The lowest BCUT2D eigenvalue weighted by Crippen LogP contribution is -2.65. The lowest BCUT2D eigenvalue weighted by Gasteiger charge is -2.43. The average Bonchev–Trinajstić information content (AvgIpc) is 2.12. The Balaban J connectivity index is 2.82. The van der Waals surface area contributed by atoms with Crippen LogP contribution in [0.5, 0.6) is 0 Å². The summed E-state index contributed by atoms with van der Waals surface area (Å²) >= 11 is 0. The number of rotatable bonds is 1. The molecule has 6 nitrogen and oxygen atoms in total. The number of aliphatic hydroxyl groups excluding tert-OH is 4. The van der Waals surface area contributed by atoms with Gasteiger partial charge in [-0.1, -0.05) is 0 Å². The zero-order valence-corrected chi connectivity index (χ0v) is 7.16. The summed E-state index contributed by atoms with van der Waals surface area (Å²) in [5, 5.41) is 45.8. The van der Waals surface area contributed by atoms with Crippen LogP contribution < -0.4 is 0 Å². The molecular formula is C7H14O6. The lowest BCUT2D eigenvalue weighted by molar-refractivity contribution is -0.351. The fraction of sp³-hybridized carbons (Fsp3) is 1.00. The molecule has 1 saturated heterocycles. The standard InChI is InChI=1S/C7H14O6/c1-3-4(9)5(10)6(11)7(12,2-8)13-3/h3-6,8-12H,2H2,1H3/i2+1. The Hall–Kier alpha value is -0.240. The molecule has 0 radical (unpaired) electrons. The van der Waals surface area contributed by atoms with E-state index >= 15 is 0 Å². The van der Waals surface area contributed by atoms with E-state index in [9.17, 15) is 20.4 Å². The van der Waals surface area contributed by atoms with Crippen molar-refractivity contribution in [2.45, 2.75) is 37.1 Å². The van der Waals surface area contributed by atoms with E-state index in [4.69, 9.17) is 9.84 Å². The molecule has 1 rings (SSSR count). The van der Waals surface area contributed by atoms with E-state index in [2.05, 4.69) is 0 Å². The maximum absolute atomic E-state index is 9.41. The van der Waals surface area contributed by atoms with E-state index in [1.807, 2.05) is 0 Å². The molecule has 1 aliphatic rings. The second-order valence-corrected chi connectivity index (χ2v) is 3.25. The van der Waals surface area contributed by atoms with Crippen LogP contribution in [0.2, 0.25) is 0 Å². The van der Waals surface area contributed by atoms with Crippen LogP contribution in [0.3, 0.4) is 0 Å². The summed E-state index contributed by atoms with van der Waals surface area (Å²) in [4.78, 5) is 0. The summed E-state index contributed by atoms with van der Waals surface area (Å²) in [6.45, 7) is 0.572. The van der Waals surface area contributed by atoms with E-state index in [0.717, 1.165) is 0 Å². The fourth-order valence-electron chi connectivity index (χ4n) is 1.32. The van der Waals surface area contributed by atoms with Gasteiger partial charge in [0.05, 0.1) is 12.7 Å². The molecule has 0 bridgehead atoms. The molecule has 5 unspecified atom stereocenters. The van der Waals surface area contributed by atoms with Gasteiger partial charge in [0, 0.05) is 0 Å². The molecule has 0 aromatic rings. The molecule has 1 fully saturated rings. The molecule has 78 valence electrons. The van der Waals surface area contributed by atoms with Crippen LogP contribution in [-0.2, 0) is 4.74 Å². The predicted molar refractivity (Wildman–Crippen MR) is 40.6 cm³/mol. The molecule has 0 spiro atoms. The van der Waals surface area contributed by atoms with Gasteiger partial charge in [-0.25, -0.2) is 0 Å². The Labute approximate surface area is 75.0 Å². The topological polar surface area (TPSA) is 110 Å². The van der Waals surface area contributed by atoms with Crippen LogP contribution in [-0.4, -0.2) is 62.3 Å². The first-order valence-electron chi connectivity index (χ1n) is 3.97. The smallest absolute Gasteiger partial charge is 0.219 e. The summed E-state index contributed by atoms with van der Waals surface area (Å²) in [5.41, 5.74) is 0. The van der Waals surface area contributed by atoms with Crippen molar-refractivity contribution >= 4 is 0 Å². The van der Waals surface area contributed by atoms with Gasteiger partial charge in [-0.3, -0.25) is 0 Å². The van der Waals surface area contributed by atoms with Gasteiger partial charge in [-0.2, -0.15) is 0 Å². The Bertz CT molecular complexity index is 186. The Morgan fingerprint density at radius 1 is 1.23 bits per heavy atom. The number of ether oxygens (including phenoxy) is 1. The average molecular weight is 195 g/mol. The third-order valence-electron chi connectivity index (χ3n) is 2.23. The first kappa shape index (κ1) is 10.8. The summed E-state index contributed by atoms with van der Waals surface area (Å²) < 4.78 is 4.76. The first-order valence-corrected chi connectivity index (χ1v) is 3.97. The third-order valence-corrected chi connectivity index (χ3v) is 2.23. The van der Waals surface area contributed by atoms with Gasteiger partial charge in [0.15, 0.2) is 0 Å². The van der Waals surface area contributed by atoms with Gasteiger partial charge in [0.25, 0.3) is 0 Å². The molecule has 5 atom stereocenters. The molecule has 1 aliphatic heterocycles. The molecule has 6 heteroatoms. The van der Waals surface area contributed by atoms with E-state index in [-0.39, 0.29) is 0 Å². The van der Waals surface area contributed by atoms with Crippen LogP contribution in [0.15, 0.2) is 0 Å². The van der Waals surface area contributed by atoms with Crippen molar-refractivity contribution < 1.29 is 30.3 Å². The lowest BCUT2D eigenvalue weighted by atomic mass is 9.96. The summed E-state index contributed by atoms with van der Waals surface area (Å²) in [7, 11) is 0. The molecule has 0 aromatic heterocycles. The number of aliphatic hydroxyl groups is 5. The van der Waals surface area contributed by atoms with Crippen LogP contribution in [0, 0.1) is 0 Å².